The number of amides is 1. The zero-order valence-electron chi connectivity index (χ0n) is 12.6. The van der Waals surface area contributed by atoms with Gasteiger partial charge in [-0.25, -0.2) is 9.78 Å². The average Bonchev–Trinajstić information content (AvgIpc) is 2.54. The number of aryl methyl sites for hydroxylation is 1. The van der Waals surface area contributed by atoms with E-state index in [0.717, 1.165) is 11.3 Å². The van der Waals surface area contributed by atoms with E-state index in [1.807, 2.05) is 30.3 Å². The molecule has 1 amide bonds. The third-order valence-electron chi connectivity index (χ3n) is 3.07. The Balaban J connectivity index is 1.82. The highest BCUT2D eigenvalue weighted by Gasteiger charge is 2.06. The number of hydrogen-bond acceptors (Lipinski definition) is 4. The lowest BCUT2D eigenvalue weighted by atomic mass is 10.2. The molecule has 0 aliphatic rings. The number of carbonyl (C=O) groups is 2. The highest BCUT2D eigenvalue weighted by Crippen LogP contribution is 2.09. The number of pyridine rings is 1. The largest absolute Gasteiger partial charge is 0.481 e. The number of carbonyl (C=O) groups excluding carboxylic acids is 1. The molecule has 0 spiro atoms. The summed E-state index contributed by atoms with van der Waals surface area (Å²) in [5, 5.41) is 11.2. The summed E-state index contributed by atoms with van der Waals surface area (Å²) in [5.41, 5.74) is 1.63. The molecule has 1 aromatic carbocycles. The van der Waals surface area contributed by atoms with Gasteiger partial charge in [0, 0.05) is 12.1 Å². The van der Waals surface area contributed by atoms with Gasteiger partial charge in [-0.3, -0.25) is 10.1 Å². The Morgan fingerprint density at radius 3 is 2.61 bits per heavy atom. The van der Waals surface area contributed by atoms with Crippen molar-refractivity contribution >= 4 is 17.9 Å². The summed E-state index contributed by atoms with van der Waals surface area (Å²) in [4.78, 5) is 26.5. The van der Waals surface area contributed by atoms with Crippen molar-refractivity contribution in [2.45, 2.75) is 25.9 Å². The van der Waals surface area contributed by atoms with Crippen molar-refractivity contribution in [3.63, 3.8) is 0 Å². The number of aromatic nitrogens is 1. The second kappa shape index (κ2) is 8.53. The lowest BCUT2D eigenvalue weighted by molar-refractivity contribution is -0.137. The summed E-state index contributed by atoms with van der Waals surface area (Å²) in [6.07, 6.45) is 0.563. The van der Waals surface area contributed by atoms with Crippen molar-refractivity contribution in [3.05, 3.63) is 59.8 Å². The van der Waals surface area contributed by atoms with Crippen molar-refractivity contribution in [2.24, 2.45) is 0 Å². The minimum absolute atomic E-state index is 0.0957. The van der Waals surface area contributed by atoms with Crippen LogP contribution in [-0.2, 0) is 22.6 Å². The van der Waals surface area contributed by atoms with Gasteiger partial charge in [0.2, 0.25) is 0 Å². The van der Waals surface area contributed by atoms with Crippen LogP contribution in [0.15, 0.2) is 48.5 Å². The van der Waals surface area contributed by atoms with Crippen molar-refractivity contribution in [2.75, 3.05) is 5.32 Å². The van der Waals surface area contributed by atoms with E-state index in [4.69, 9.17) is 9.84 Å². The molecule has 6 nitrogen and oxygen atoms in total. The monoisotopic (exact) mass is 314 g/mol. The molecular weight excluding hydrogens is 296 g/mol. The summed E-state index contributed by atoms with van der Waals surface area (Å²) in [5.74, 6) is -0.445. The number of aliphatic carboxylic acids is 1. The van der Waals surface area contributed by atoms with E-state index in [9.17, 15) is 9.59 Å². The highest BCUT2D eigenvalue weighted by molar-refractivity contribution is 5.83. The Bertz CT molecular complexity index is 659. The molecule has 0 fully saturated rings. The second-order valence-corrected chi connectivity index (χ2v) is 4.95. The number of benzene rings is 1. The van der Waals surface area contributed by atoms with Crippen LogP contribution in [0.1, 0.15) is 24.1 Å². The molecule has 6 heteroatoms. The maximum Gasteiger partial charge on any atom is 0.413 e. The molecule has 0 aliphatic heterocycles. The van der Waals surface area contributed by atoms with Gasteiger partial charge >= 0.3 is 12.1 Å². The van der Waals surface area contributed by atoms with Crippen LogP contribution in [0.4, 0.5) is 10.6 Å². The molecule has 120 valence electrons. The molecule has 23 heavy (non-hydrogen) atoms. The first-order valence-electron chi connectivity index (χ1n) is 7.29. The Morgan fingerprint density at radius 2 is 1.87 bits per heavy atom. The number of ether oxygens (including phenoxy) is 1. The van der Waals surface area contributed by atoms with E-state index in [1.54, 1.807) is 18.2 Å². The van der Waals surface area contributed by atoms with Gasteiger partial charge in [-0.2, -0.15) is 0 Å². The molecular formula is C17H18N2O4. The Morgan fingerprint density at radius 1 is 1.09 bits per heavy atom. The molecule has 2 rings (SSSR count). The minimum atomic E-state index is -0.830. The zero-order valence-corrected chi connectivity index (χ0v) is 12.6. The van der Waals surface area contributed by atoms with Crippen LogP contribution in [0.2, 0.25) is 0 Å². The van der Waals surface area contributed by atoms with Crippen LogP contribution in [-0.4, -0.2) is 22.2 Å². The molecule has 2 aromatic rings. The van der Waals surface area contributed by atoms with Crippen molar-refractivity contribution in [3.8, 4) is 0 Å². The zero-order chi connectivity index (χ0) is 16.5. The maximum atomic E-state index is 11.7. The quantitative estimate of drug-likeness (QED) is 0.819. The van der Waals surface area contributed by atoms with Gasteiger partial charge < -0.3 is 9.84 Å². The van der Waals surface area contributed by atoms with Crippen LogP contribution in [0.5, 0.6) is 0 Å². The fourth-order valence-electron chi connectivity index (χ4n) is 1.97. The van der Waals surface area contributed by atoms with Crippen LogP contribution >= 0.6 is 0 Å². The Kier molecular flexibility index (Phi) is 6.11. The summed E-state index contributed by atoms with van der Waals surface area (Å²) < 4.78 is 5.12. The van der Waals surface area contributed by atoms with Gasteiger partial charge in [-0.05, 0) is 30.5 Å². The summed E-state index contributed by atoms with van der Waals surface area (Å²) in [6, 6.07) is 14.6. The number of anilines is 1. The number of carboxylic acid groups (broad SMARTS) is 1. The van der Waals surface area contributed by atoms with Gasteiger partial charge in [0.25, 0.3) is 0 Å². The normalized spacial score (nSPS) is 10.1. The highest BCUT2D eigenvalue weighted by atomic mass is 16.5. The molecule has 1 aromatic heterocycles. The van der Waals surface area contributed by atoms with Gasteiger partial charge in [0.1, 0.15) is 12.4 Å². The van der Waals surface area contributed by atoms with Gasteiger partial charge in [0.15, 0.2) is 0 Å². The number of rotatable bonds is 7. The maximum absolute atomic E-state index is 11.7. The molecule has 0 atom stereocenters. The van der Waals surface area contributed by atoms with Crippen LogP contribution < -0.4 is 5.32 Å². The van der Waals surface area contributed by atoms with E-state index in [-0.39, 0.29) is 13.0 Å². The van der Waals surface area contributed by atoms with E-state index in [0.29, 0.717) is 18.7 Å². The third kappa shape index (κ3) is 6.17. The van der Waals surface area contributed by atoms with Gasteiger partial charge in [-0.1, -0.05) is 36.4 Å². The third-order valence-corrected chi connectivity index (χ3v) is 3.07. The number of nitrogens with one attached hydrogen (secondary N) is 1. The second-order valence-electron chi connectivity index (χ2n) is 4.95. The molecule has 0 aliphatic carbocycles. The predicted molar refractivity (Wildman–Crippen MR) is 85.1 cm³/mol. The molecule has 0 saturated carbocycles. The van der Waals surface area contributed by atoms with Crippen molar-refractivity contribution < 1.29 is 19.4 Å². The topological polar surface area (TPSA) is 88.5 Å². The van der Waals surface area contributed by atoms with Gasteiger partial charge in [-0.15, -0.1) is 0 Å². The van der Waals surface area contributed by atoms with E-state index in [2.05, 4.69) is 10.3 Å². The predicted octanol–water partition coefficient (Wildman–Crippen LogP) is 3.24. The first-order chi connectivity index (χ1) is 11.1. The lowest BCUT2D eigenvalue weighted by Crippen LogP contribution is -2.14. The standard InChI is InChI=1S/C17H18N2O4/c20-16(21)11-5-9-14-8-4-10-15(18-14)19-17(22)23-12-13-6-2-1-3-7-13/h1-4,6-8,10H,5,9,11-12H2,(H,20,21)(H,18,19,22). The first-order valence-corrected chi connectivity index (χ1v) is 7.29. The minimum Gasteiger partial charge on any atom is -0.481 e. The summed E-state index contributed by atoms with van der Waals surface area (Å²) >= 11 is 0. The molecule has 0 unspecified atom stereocenters. The fourth-order valence-corrected chi connectivity index (χ4v) is 1.97. The average molecular weight is 314 g/mol. The van der Waals surface area contributed by atoms with E-state index < -0.39 is 12.1 Å². The first kappa shape index (κ1) is 16.5. The summed E-state index contributed by atoms with van der Waals surface area (Å²) in [7, 11) is 0. The van der Waals surface area contributed by atoms with Crippen molar-refractivity contribution in [1.29, 1.82) is 0 Å². The number of hydrogen-bond donors (Lipinski definition) is 2. The lowest BCUT2D eigenvalue weighted by Gasteiger charge is -2.07. The molecule has 2 N–H and O–H groups in total. The van der Waals surface area contributed by atoms with E-state index in [1.165, 1.54) is 0 Å². The smallest absolute Gasteiger partial charge is 0.413 e. The van der Waals surface area contributed by atoms with E-state index >= 15 is 0 Å². The van der Waals surface area contributed by atoms with Gasteiger partial charge in [0.05, 0.1) is 0 Å². The Labute approximate surface area is 134 Å². The van der Waals surface area contributed by atoms with Crippen LogP contribution in [0.25, 0.3) is 0 Å². The van der Waals surface area contributed by atoms with Crippen LogP contribution in [0.3, 0.4) is 0 Å². The fraction of sp³-hybridized carbons (Fsp3) is 0.235. The molecule has 0 saturated heterocycles. The molecule has 1 heterocycles. The van der Waals surface area contributed by atoms with Crippen LogP contribution in [0, 0.1) is 0 Å². The number of carboxylic acids is 1. The molecule has 0 radical (unpaired) electrons. The summed E-state index contributed by atoms with van der Waals surface area (Å²) in [6.45, 7) is 0.185. The van der Waals surface area contributed by atoms with Crippen molar-refractivity contribution in [1.82, 2.24) is 4.98 Å². The Hall–Kier alpha value is -2.89. The number of nitrogens with zero attached hydrogens (tertiary/aromatic N) is 1. The molecule has 0 bridgehead atoms. The SMILES string of the molecule is O=C(O)CCCc1cccc(NC(=O)OCc2ccccc2)n1.